The molecule has 0 bridgehead atoms. The molecule has 1 saturated carbocycles. The summed E-state index contributed by atoms with van der Waals surface area (Å²) < 4.78 is 1.74. The van der Waals surface area contributed by atoms with E-state index in [1.54, 1.807) is 11.6 Å². The van der Waals surface area contributed by atoms with E-state index in [1.807, 2.05) is 13.8 Å². The SMILES string of the molecule is CCC1(Nc2c([N+](=O)[O-])c(C)nn2C(C)C)CCC1. The maximum absolute atomic E-state index is 11.3. The minimum atomic E-state index is -0.328. The van der Waals surface area contributed by atoms with Gasteiger partial charge < -0.3 is 5.32 Å². The number of hydrogen-bond donors (Lipinski definition) is 1. The van der Waals surface area contributed by atoms with Gasteiger partial charge >= 0.3 is 5.69 Å². The zero-order valence-electron chi connectivity index (χ0n) is 12.1. The zero-order chi connectivity index (χ0) is 14.2. The lowest BCUT2D eigenvalue weighted by molar-refractivity contribution is -0.384. The molecule has 106 valence electrons. The highest BCUT2D eigenvalue weighted by Gasteiger charge is 2.39. The fourth-order valence-electron chi connectivity index (χ4n) is 2.67. The lowest BCUT2D eigenvalue weighted by atomic mass is 9.75. The topological polar surface area (TPSA) is 73.0 Å². The lowest BCUT2D eigenvalue weighted by Crippen LogP contribution is -2.45. The average molecular weight is 266 g/mol. The number of rotatable bonds is 5. The summed E-state index contributed by atoms with van der Waals surface area (Å²) in [5.74, 6) is 0.569. The third kappa shape index (κ3) is 2.31. The van der Waals surface area contributed by atoms with Crippen LogP contribution < -0.4 is 5.32 Å². The van der Waals surface area contributed by atoms with Crippen molar-refractivity contribution in [1.29, 1.82) is 0 Å². The quantitative estimate of drug-likeness (QED) is 0.654. The van der Waals surface area contributed by atoms with Gasteiger partial charge in [-0.05, 0) is 46.5 Å². The second-order valence-corrected chi connectivity index (χ2v) is 5.69. The summed E-state index contributed by atoms with van der Waals surface area (Å²) in [7, 11) is 0. The molecule has 0 saturated heterocycles. The molecule has 1 aliphatic carbocycles. The molecule has 0 atom stereocenters. The number of nitro groups is 1. The predicted molar refractivity (Wildman–Crippen MR) is 74.5 cm³/mol. The highest BCUT2D eigenvalue weighted by molar-refractivity contribution is 5.61. The molecule has 1 aliphatic rings. The van der Waals surface area contributed by atoms with Crippen LogP contribution in [0.1, 0.15) is 58.2 Å². The fourth-order valence-corrected chi connectivity index (χ4v) is 2.67. The summed E-state index contributed by atoms with van der Waals surface area (Å²) >= 11 is 0. The van der Waals surface area contributed by atoms with Crippen molar-refractivity contribution in [2.45, 2.75) is 65.0 Å². The maximum Gasteiger partial charge on any atom is 0.333 e. The van der Waals surface area contributed by atoms with Crippen LogP contribution in [-0.4, -0.2) is 20.2 Å². The minimum absolute atomic E-state index is 0.0177. The summed E-state index contributed by atoms with van der Waals surface area (Å²) in [5.41, 5.74) is 0.615. The van der Waals surface area contributed by atoms with Crippen molar-refractivity contribution in [3.05, 3.63) is 15.8 Å². The van der Waals surface area contributed by atoms with Crippen molar-refractivity contribution >= 4 is 11.5 Å². The summed E-state index contributed by atoms with van der Waals surface area (Å²) in [6.07, 6.45) is 4.31. The molecule has 6 heteroatoms. The second kappa shape index (κ2) is 4.83. The molecule has 0 unspecified atom stereocenters. The van der Waals surface area contributed by atoms with Gasteiger partial charge in [0.1, 0.15) is 5.69 Å². The minimum Gasteiger partial charge on any atom is -0.359 e. The van der Waals surface area contributed by atoms with Gasteiger partial charge in [-0.15, -0.1) is 0 Å². The standard InChI is InChI=1S/C13H22N4O2/c1-5-13(7-6-8-13)14-12-11(17(18)19)10(4)15-16(12)9(2)3/h9,14H,5-8H2,1-4H3. The Balaban J connectivity index is 2.44. The van der Waals surface area contributed by atoms with E-state index in [0.29, 0.717) is 11.5 Å². The molecule has 1 heterocycles. The van der Waals surface area contributed by atoms with E-state index < -0.39 is 0 Å². The van der Waals surface area contributed by atoms with Gasteiger partial charge in [0, 0.05) is 11.6 Å². The van der Waals surface area contributed by atoms with Crippen LogP contribution in [0.25, 0.3) is 0 Å². The van der Waals surface area contributed by atoms with E-state index in [2.05, 4.69) is 17.3 Å². The third-order valence-electron chi connectivity index (χ3n) is 4.10. The average Bonchev–Trinajstić information content (AvgIpc) is 2.60. The van der Waals surface area contributed by atoms with Crippen molar-refractivity contribution in [3.63, 3.8) is 0 Å². The lowest BCUT2D eigenvalue weighted by Gasteiger charge is -2.42. The largest absolute Gasteiger partial charge is 0.359 e. The molecule has 2 rings (SSSR count). The molecule has 0 amide bonds. The highest BCUT2D eigenvalue weighted by Crippen LogP contribution is 2.41. The van der Waals surface area contributed by atoms with E-state index in [-0.39, 0.29) is 22.2 Å². The van der Waals surface area contributed by atoms with Crippen molar-refractivity contribution in [2.24, 2.45) is 0 Å². The van der Waals surface area contributed by atoms with Crippen LogP contribution in [0, 0.1) is 17.0 Å². The first-order valence-electron chi connectivity index (χ1n) is 6.92. The van der Waals surface area contributed by atoms with Gasteiger partial charge in [0.05, 0.1) is 4.92 Å². The molecule has 0 aliphatic heterocycles. The van der Waals surface area contributed by atoms with Gasteiger partial charge in [-0.3, -0.25) is 10.1 Å². The van der Waals surface area contributed by atoms with Crippen molar-refractivity contribution in [2.75, 3.05) is 5.32 Å². The van der Waals surface area contributed by atoms with E-state index >= 15 is 0 Å². The Morgan fingerprint density at radius 1 is 1.53 bits per heavy atom. The van der Waals surface area contributed by atoms with Crippen molar-refractivity contribution in [3.8, 4) is 0 Å². The molecule has 0 aromatic carbocycles. The number of aromatic nitrogens is 2. The van der Waals surface area contributed by atoms with E-state index in [0.717, 1.165) is 19.3 Å². The van der Waals surface area contributed by atoms with Gasteiger partial charge in [0.25, 0.3) is 0 Å². The van der Waals surface area contributed by atoms with E-state index in [9.17, 15) is 10.1 Å². The van der Waals surface area contributed by atoms with Gasteiger partial charge in [-0.2, -0.15) is 5.10 Å². The fraction of sp³-hybridized carbons (Fsp3) is 0.769. The Morgan fingerprint density at radius 2 is 2.16 bits per heavy atom. The number of hydrogen-bond acceptors (Lipinski definition) is 4. The summed E-state index contributed by atoms with van der Waals surface area (Å²) in [5, 5.41) is 19.0. The molecule has 1 N–H and O–H groups in total. The molecule has 1 fully saturated rings. The molecule has 1 aromatic heterocycles. The summed E-state index contributed by atoms with van der Waals surface area (Å²) in [4.78, 5) is 10.9. The molecular formula is C13H22N4O2. The summed E-state index contributed by atoms with van der Waals surface area (Å²) in [6.45, 7) is 7.80. The van der Waals surface area contributed by atoms with Gasteiger partial charge in [-0.25, -0.2) is 4.68 Å². The van der Waals surface area contributed by atoms with Gasteiger partial charge in [0.15, 0.2) is 0 Å². The normalized spacial score (nSPS) is 17.3. The number of aryl methyl sites for hydroxylation is 1. The molecule has 0 radical (unpaired) electrons. The Morgan fingerprint density at radius 3 is 2.53 bits per heavy atom. The van der Waals surface area contributed by atoms with Crippen LogP contribution in [0.15, 0.2) is 0 Å². The first-order valence-corrected chi connectivity index (χ1v) is 6.92. The molecule has 1 aromatic rings. The predicted octanol–water partition coefficient (Wildman–Crippen LogP) is 3.43. The van der Waals surface area contributed by atoms with Crippen LogP contribution in [-0.2, 0) is 0 Å². The Bertz CT molecular complexity index is 484. The number of anilines is 1. The van der Waals surface area contributed by atoms with Crippen LogP contribution in [0.2, 0.25) is 0 Å². The van der Waals surface area contributed by atoms with E-state index in [4.69, 9.17) is 0 Å². The first-order chi connectivity index (χ1) is 8.90. The van der Waals surface area contributed by atoms with Crippen molar-refractivity contribution in [1.82, 2.24) is 9.78 Å². The first kappa shape index (κ1) is 13.8. The summed E-state index contributed by atoms with van der Waals surface area (Å²) in [6, 6.07) is 0.101. The van der Waals surface area contributed by atoms with Crippen LogP contribution in [0.5, 0.6) is 0 Å². The smallest absolute Gasteiger partial charge is 0.333 e. The van der Waals surface area contributed by atoms with Crippen LogP contribution in [0.4, 0.5) is 11.5 Å². The number of nitrogens with zero attached hydrogens (tertiary/aromatic N) is 3. The maximum atomic E-state index is 11.3. The molecular weight excluding hydrogens is 244 g/mol. The zero-order valence-corrected chi connectivity index (χ0v) is 12.1. The van der Waals surface area contributed by atoms with Crippen LogP contribution >= 0.6 is 0 Å². The highest BCUT2D eigenvalue weighted by atomic mass is 16.6. The Hall–Kier alpha value is -1.59. The Labute approximate surface area is 113 Å². The van der Waals surface area contributed by atoms with Gasteiger partial charge in [0.2, 0.25) is 5.82 Å². The Kier molecular flexibility index (Phi) is 3.52. The molecule has 19 heavy (non-hydrogen) atoms. The monoisotopic (exact) mass is 266 g/mol. The third-order valence-corrected chi connectivity index (χ3v) is 4.10. The van der Waals surface area contributed by atoms with Crippen molar-refractivity contribution < 1.29 is 4.92 Å². The molecule has 0 spiro atoms. The van der Waals surface area contributed by atoms with Gasteiger partial charge in [-0.1, -0.05) is 6.92 Å². The second-order valence-electron chi connectivity index (χ2n) is 5.69. The number of nitrogens with one attached hydrogen (secondary N) is 1. The van der Waals surface area contributed by atoms with E-state index in [1.165, 1.54) is 6.42 Å². The van der Waals surface area contributed by atoms with Crippen LogP contribution in [0.3, 0.4) is 0 Å². The molecule has 6 nitrogen and oxygen atoms in total.